The highest BCUT2D eigenvalue weighted by Crippen LogP contribution is 2.30. The van der Waals surface area contributed by atoms with E-state index in [1.54, 1.807) is 28.8 Å². The number of hydrogen-bond donors (Lipinski definition) is 0. The minimum absolute atomic E-state index is 0.190. The molecule has 0 aliphatic rings. The number of alkyl halides is 1. The zero-order chi connectivity index (χ0) is 14.3. The Morgan fingerprint density at radius 2 is 1.90 bits per heavy atom. The quantitative estimate of drug-likeness (QED) is 0.590. The van der Waals surface area contributed by atoms with Crippen LogP contribution in [0.5, 0.6) is 0 Å². The standard InChI is InChI=1S/C14H8Cl3FN2/c15-7-14-19-11-3-2-9(18)6-13(11)20(14)12-4-1-8(16)5-10(12)17/h1-6H,7H2. The third-order valence-corrected chi connectivity index (χ3v) is 3.73. The first-order valence-electron chi connectivity index (χ1n) is 5.78. The summed E-state index contributed by atoms with van der Waals surface area (Å²) in [4.78, 5) is 4.38. The van der Waals surface area contributed by atoms with Crippen molar-refractivity contribution in [3.8, 4) is 5.69 Å². The topological polar surface area (TPSA) is 17.8 Å². The minimum Gasteiger partial charge on any atom is -0.294 e. The third-order valence-electron chi connectivity index (χ3n) is 2.96. The average Bonchev–Trinajstić information content (AvgIpc) is 2.76. The summed E-state index contributed by atoms with van der Waals surface area (Å²) in [5.41, 5.74) is 1.94. The molecule has 0 saturated carbocycles. The van der Waals surface area contributed by atoms with Gasteiger partial charge in [0.1, 0.15) is 11.6 Å². The summed E-state index contributed by atoms with van der Waals surface area (Å²) < 4.78 is 15.2. The van der Waals surface area contributed by atoms with Crippen molar-refractivity contribution in [3.63, 3.8) is 0 Å². The van der Waals surface area contributed by atoms with Crippen molar-refractivity contribution in [2.75, 3.05) is 0 Å². The van der Waals surface area contributed by atoms with Gasteiger partial charge in [-0.2, -0.15) is 0 Å². The molecule has 0 N–H and O–H groups in total. The molecular formula is C14H8Cl3FN2. The average molecular weight is 330 g/mol. The molecule has 1 aromatic heterocycles. The summed E-state index contributed by atoms with van der Waals surface area (Å²) in [5, 5.41) is 0.981. The fraction of sp³-hybridized carbons (Fsp3) is 0.0714. The fourth-order valence-corrected chi connectivity index (χ4v) is 2.79. The SMILES string of the molecule is Fc1ccc2nc(CCl)n(-c3ccc(Cl)cc3Cl)c2c1. The maximum absolute atomic E-state index is 13.5. The molecule has 102 valence electrons. The Kier molecular flexibility index (Phi) is 3.59. The van der Waals surface area contributed by atoms with Crippen LogP contribution in [0.4, 0.5) is 4.39 Å². The Labute approximate surface area is 129 Å². The molecule has 2 nitrogen and oxygen atoms in total. The number of halogens is 4. The first-order valence-corrected chi connectivity index (χ1v) is 7.07. The van der Waals surface area contributed by atoms with Crippen molar-refractivity contribution in [1.29, 1.82) is 0 Å². The van der Waals surface area contributed by atoms with E-state index >= 15 is 0 Å². The largest absolute Gasteiger partial charge is 0.294 e. The molecule has 0 aliphatic heterocycles. The van der Waals surface area contributed by atoms with Crippen LogP contribution in [0.1, 0.15) is 5.82 Å². The lowest BCUT2D eigenvalue weighted by molar-refractivity contribution is 0.629. The van der Waals surface area contributed by atoms with Gasteiger partial charge in [-0.1, -0.05) is 23.2 Å². The number of hydrogen-bond acceptors (Lipinski definition) is 1. The predicted octanol–water partition coefficient (Wildman–Crippen LogP) is 5.21. The van der Waals surface area contributed by atoms with Crippen LogP contribution in [0, 0.1) is 5.82 Å². The molecule has 0 bridgehead atoms. The van der Waals surface area contributed by atoms with Gasteiger partial charge in [-0.15, -0.1) is 11.6 Å². The number of fused-ring (bicyclic) bond motifs is 1. The zero-order valence-electron chi connectivity index (χ0n) is 10.1. The van der Waals surface area contributed by atoms with Crippen molar-refractivity contribution in [2.45, 2.75) is 5.88 Å². The van der Waals surface area contributed by atoms with Crippen LogP contribution < -0.4 is 0 Å². The van der Waals surface area contributed by atoms with Gasteiger partial charge >= 0.3 is 0 Å². The maximum Gasteiger partial charge on any atom is 0.129 e. The van der Waals surface area contributed by atoms with Gasteiger partial charge in [0.25, 0.3) is 0 Å². The van der Waals surface area contributed by atoms with Gasteiger partial charge < -0.3 is 0 Å². The Bertz CT molecular complexity index is 798. The number of rotatable bonds is 2. The van der Waals surface area contributed by atoms with E-state index in [1.165, 1.54) is 12.1 Å². The van der Waals surface area contributed by atoms with Crippen LogP contribution in [-0.2, 0) is 5.88 Å². The third kappa shape index (κ3) is 2.26. The number of aromatic nitrogens is 2. The second-order valence-corrected chi connectivity index (χ2v) is 5.34. The van der Waals surface area contributed by atoms with E-state index in [0.29, 0.717) is 32.6 Å². The van der Waals surface area contributed by atoms with Gasteiger partial charge in [0.2, 0.25) is 0 Å². The molecular weight excluding hydrogens is 322 g/mol. The highest BCUT2D eigenvalue weighted by molar-refractivity contribution is 6.35. The van der Waals surface area contributed by atoms with E-state index in [-0.39, 0.29) is 11.7 Å². The molecule has 20 heavy (non-hydrogen) atoms. The van der Waals surface area contributed by atoms with Gasteiger partial charge in [-0.3, -0.25) is 4.57 Å². The van der Waals surface area contributed by atoms with Gasteiger partial charge in [0, 0.05) is 11.1 Å². The van der Waals surface area contributed by atoms with Crippen LogP contribution in [0.25, 0.3) is 16.7 Å². The van der Waals surface area contributed by atoms with Gasteiger partial charge in [0.15, 0.2) is 0 Å². The van der Waals surface area contributed by atoms with E-state index in [9.17, 15) is 4.39 Å². The van der Waals surface area contributed by atoms with Crippen LogP contribution >= 0.6 is 34.8 Å². The molecule has 0 spiro atoms. The Morgan fingerprint density at radius 1 is 1.10 bits per heavy atom. The molecule has 0 unspecified atom stereocenters. The highest BCUT2D eigenvalue weighted by Gasteiger charge is 2.14. The number of nitrogens with zero attached hydrogens (tertiary/aromatic N) is 2. The predicted molar refractivity (Wildman–Crippen MR) is 80.6 cm³/mol. The minimum atomic E-state index is -0.343. The fourth-order valence-electron chi connectivity index (χ4n) is 2.12. The second-order valence-electron chi connectivity index (χ2n) is 4.23. The van der Waals surface area contributed by atoms with Gasteiger partial charge in [-0.05, 0) is 30.3 Å². The first-order chi connectivity index (χ1) is 9.60. The smallest absolute Gasteiger partial charge is 0.129 e. The number of benzene rings is 2. The van der Waals surface area contributed by atoms with Gasteiger partial charge in [0.05, 0.1) is 27.6 Å². The molecule has 3 rings (SSSR count). The molecule has 0 radical (unpaired) electrons. The molecule has 0 fully saturated rings. The summed E-state index contributed by atoms with van der Waals surface area (Å²) in [5.74, 6) is 0.441. The van der Waals surface area contributed by atoms with Crippen molar-refractivity contribution in [1.82, 2.24) is 9.55 Å². The summed E-state index contributed by atoms with van der Waals surface area (Å²) in [7, 11) is 0. The molecule has 6 heteroatoms. The Balaban J connectivity index is 2.36. The van der Waals surface area contributed by atoms with E-state index in [2.05, 4.69) is 4.98 Å². The van der Waals surface area contributed by atoms with Crippen molar-refractivity contribution >= 4 is 45.8 Å². The van der Waals surface area contributed by atoms with Crippen LogP contribution in [0.15, 0.2) is 36.4 Å². The van der Waals surface area contributed by atoms with E-state index in [0.717, 1.165) is 0 Å². The van der Waals surface area contributed by atoms with E-state index in [1.807, 2.05) is 0 Å². The molecule has 0 aliphatic carbocycles. The van der Waals surface area contributed by atoms with Crippen LogP contribution in [0.2, 0.25) is 10.0 Å². The molecule has 3 aromatic rings. The lowest BCUT2D eigenvalue weighted by Crippen LogP contribution is -2.00. The maximum atomic E-state index is 13.5. The summed E-state index contributed by atoms with van der Waals surface area (Å²) in [6.45, 7) is 0. The summed E-state index contributed by atoms with van der Waals surface area (Å²) in [6.07, 6.45) is 0. The highest BCUT2D eigenvalue weighted by atomic mass is 35.5. The molecule has 0 amide bonds. The van der Waals surface area contributed by atoms with Crippen LogP contribution in [-0.4, -0.2) is 9.55 Å². The van der Waals surface area contributed by atoms with E-state index < -0.39 is 0 Å². The summed E-state index contributed by atoms with van der Waals surface area (Å²) in [6, 6.07) is 9.48. The first kappa shape index (κ1) is 13.7. The lowest BCUT2D eigenvalue weighted by atomic mass is 10.2. The van der Waals surface area contributed by atoms with Crippen molar-refractivity contribution in [2.24, 2.45) is 0 Å². The summed E-state index contributed by atoms with van der Waals surface area (Å²) >= 11 is 18.1. The second kappa shape index (κ2) is 5.24. The normalized spacial score (nSPS) is 11.2. The lowest BCUT2D eigenvalue weighted by Gasteiger charge is -2.10. The van der Waals surface area contributed by atoms with Crippen LogP contribution in [0.3, 0.4) is 0 Å². The Morgan fingerprint density at radius 3 is 2.60 bits per heavy atom. The van der Waals surface area contributed by atoms with E-state index in [4.69, 9.17) is 34.8 Å². The Hall–Kier alpha value is -1.29. The monoisotopic (exact) mass is 328 g/mol. The van der Waals surface area contributed by atoms with Crippen molar-refractivity contribution in [3.05, 3.63) is 58.1 Å². The molecule has 2 aromatic carbocycles. The zero-order valence-corrected chi connectivity index (χ0v) is 12.3. The molecule has 1 heterocycles. The molecule has 0 saturated heterocycles. The van der Waals surface area contributed by atoms with Crippen molar-refractivity contribution < 1.29 is 4.39 Å². The molecule has 0 atom stereocenters. The van der Waals surface area contributed by atoms with Gasteiger partial charge in [-0.25, -0.2) is 9.37 Å². The number of imidazole rings is 1.